The Morgan fingerprint density at radius 1 is 1.03 bits per heavy atom. The Morgan fingerprint density at radius 2 is 1.82 bits per heavy atom. The molecule has 166 valence electrons. The van der Waals surface area contributed by atoms with Gasteiger partial charge < -0.3 is 10.1 Å². The molecule has 0 radical (unpaired) electrons. The number of aliphatic hydroxyl groups excluding tert-OH is 1. The molecule has 4 heterocycles. The van der Waals surface area contributed by atoms with Crippen LogP contribution < -0.4 is 0 Å². The number of aromatic amines is 1. The van der Waals surface area contributed by atoms with E-state index in [4.69, 9.17) is 0 Å². The lowest BCUT2D eigenvalue weighted by molar-refractivity contribution is 0.194. The summed E-state index contributed by atoms with van der Waals surface area (Å²) in [6.45, 7) is 2.10. The molecule has 5 rings (SSSR count). The summed E-state index contributed by atoms with van der Waals surface area (Å²) in [4.78, 5) is 16.3. The summed E-state index contributed by atoms with van der Waals surface area (Å²) in [7, 11) is 0. The second kappa shape index (κ2) is 8.47. The molecule has 2 N–H and O–H groups in total. The van der Waals surface area contributed by atoms with Crippen LogP contribution in [0.2, 0.25) is 0 Å². The van der Waals surface area contributed by atoms with E-state index in [-0.39, 0.29) is 0 Å². The molecule has 0 spiro atoms. The minimum absolute atomic E-state index is 0.303. The first-order valence-corrected chi connectivity index (χ1v) is 10.3. The highest BCUT2D eigenvalue weighted by Crippen LogP contribution is 2.30. The lowest BCUT2D eigenvalue weighted by atomic mass is 10.1. The van der Waals surface area contributed by atoms with E-state index >= 15 is 0 Å². The van der Waals surface area contributed by atoms with E-state index in [1.807, 2.05) is 18.2 Å². The van der Waals surface area contributed by atoms with E-state index < -0.39 is 17.7 Å². The van der Waals surface area contributed by atoms with Crippen molar-refractivity contribution >= 4 is 11.2 Å². The van der Waals surface area contributed by atoms with E-state index in [2.05, 4.69) is 30.2 Å². The van der Waals surface area contributed by atoms with Crippen LogP contribution in [0.5, 0.6) is 0 Å². The molecule has 0 amide bonds. The average molecular weight is 447 g/mol. The van der Waals surface area contributed by atoms with Gasteiger partial charge in [-0.05, 0) is 37.3 Å². The maximum Gasteiger partial charge on any atom is 0.158 e. The number of aromatic nitrogens is 7. The number of nitrogens with one attached hydrogen (secondary N) is 1. The van der Waals surface area contributed by atoms with Crippen LogP contribution in [0.1, 0.15) is 18.3 Å². The summed E-state index contributed by atoms with van der Waals surface area (Å²) in [6.07, 6.45) is 3.24. The van der Waals surface area contributed by atoms with Crippen molar-refractivity contribution < 1.29 is 13.9 Å². The molecule has 0 aliphatic carbocycles. The number of H-pyrrole nitrogens is 1. The number of pyridine rings is 2. The minimum atomic E-state index is -0.686. The zero-order valence-corrected chi connectivity index (χ0v) is 17.6. The third-order valence-corrected chi connectivity index (χ3v) is 5.05. The van der Waals surface area contributed by atoms with E-state index in [0.29, 0.717) is 46.6 Å². The van der Waals surface area contributed by atoms with Gasteiger partial charge in [0.05, 0.1) is 36.6 Å². The summed E-state index contributed by atoms with van der Waals surface area (Å²) in [5.74, 6) is -1.37. The molecule has 10 heteroatoms. The fourth-order valence-corrected chi connectivity index (χ4v) is 3.67. The van der Waals surface area contributed by atoms with Gasteiger partial charge in [0.2, 0.25) is 0 Å². The molecule has 0 fully saturated rings. The number of fused-ring (bicyclic) bond motifs is 1. The van der Waals surface area contributed by atoms with E-state index in [0.717, 1.165) is 17.5 Å². The van der Waals surface area contributed by atoms with Crippen molar-refractivity contribution in [2.24, 2.45) is 0 Å². The smallest absolute Gasteiger partial charge is 0.158 e. The summed E-state index contributed by atoms with van der Waals surface area (Å²) in [5, 5.41) is 18.1. The predicted molar refractivity (Wildman–Crippen MR) is 117 cm³/mol. The van der Waals surface area contributed by atoms with Crippen LogP contribution in [0.3, 0.4) is 0 Å². The van der Waals surface area contributed by atoms with Crippen LogP contribution >= 0.6 is 0 Å². The van der Waals surface area contributed by atoms with Gasteiger partial charge in [0.1, 0.15) is 22.8 Å². The van der Waals surface area contributed by atoms with Crippen molar-refractivity contribution in [1.82, 2.24) is 34.9 Å². The first-order valence-electron chi connectivity index (χ1n) is 10.3. The number of rotatable bonds is 6. The van der Waals surface area contributed by atoms with Gasteiger partial charge >= 0.3 is 0 Å². The first kappa shape index (κ1) is 20.8. The zero-order chi connectivity index (χ0) is 22.9. The van der Waals surface area contributed by atoms with Crippen LogP contribution in [0.4, 0.5) is 8.78 Å². The van der Waals surface area contributed by atoms with Crippen molar-refractivity contribution in [1.29, 1.82) is 0 Å². The topological polar surface area (TPSA) is 105 Å². The van der Waals surface area contributed by atoms with Crippen molar-refractivity contribution in [3.05, 3.63) is 78.0 Å². The van der Waals surface area contributed by atoms with Crippen molar-refractivity contribution in [3.63, 3.8) is 0 Å². The molecule has 0 bridgehead atoms. The number of hydrogen-bond donors (Lipinski definition) is 2. The average Bonchev–Trinajstić information content (AvgIpc) is 3.41. The van der Waals surface area contributed by atoms with Gasteiger partial charge in [0, 0.05) is 29.3 Å². The fourth-order valence-electron chi connectivity index (χ4n) is 3.67. The monoisotopic (exact) mass is 447 g/mol. The fraction of sp³-hybridized carbons (Fsp3) is 0.174. The Kier molecular flexibility index (Phi) is 5.35. The minimum Gasteiger partial charge on any atom is -0.393 e. The third-order valence-electron chi connectivity index (χ3n) is 5.05. The standard InChI is InChI=1S/C23H19F2N7O/c1-13(33)5-17-3-2-4-18(28-17)10-32-11-21(30-31-32)19-9-20(29-23-22(19)26-12-27-23)14-6-15(24)8-16(25)7-14/h2-4,6-9,11-13,33H,5,10H2,1H3,(H,26,27,29). The molecule has 33 heavy (non-hydrogen) atoms. The summed E-state index contributed by atoms with van der Waals surface area (Å²) in [5.41, 5.74) is 4.45. The van der Waals surface area contributed by atoms with Gasteiger partial charge in [-0.1, -0.05) is 11.3 Å². The lowest BCUT2D eigenvalue weighted by Gasteiger charge is -2.06. The van der Waals surface area contributed by atoms with Crippen LogP contribution in [-0.2, 0) is 13.0 Å². The van der Waals surface area contributed by atoms with E-state index in [1.165, 1.54) is 18.5 Å². The molecule has 1 unspecified atom stereocenters. The quantitative estimate of drug-likeness (QED) is 0.413. The third kappa shape index (κ3) is 4.46. The molecule has 8 nitrogen and oxygen atoms in total. The predicted octanol–water partition coefficient (Wildman–Crippen LogP) is 3.53. The molecule has 5 aromatic rings. The normalized spacial score (nSPS) is 12.4. The number of nitrogens with zero attached hydrogens (tertiary/aromatic N) is 6. The van der Waals surface area contributed by atoms with Gasteiger partial charge in [-0.15, -0.1) is 5.10 Å². The molecule has 1 atom stereocenters. The number of hydrogen-bond acceptors (Lipinski definition) is 6. The zero-order valence-electron chi connectivity index (χ0n) is 17.6. The molecule has 0 aliphatic heterocycles. The highest BCUT2D eigenvalue weighted by molar-refractivity contribution is 5.91. The molecule has 0 saturated heterocycles. The Hall–Kier alpha value is -4.05. The van der Waals surface area contributed by atoms with Gasteiger partial charge in [-0.3, -0.25) is 4.98 Å². The molecule has 0 saturated carbocycles. The van der Waals surface area contributed by atoms with Crippen LogP contribution in [0.15, 0.2) is 55.0 Å². The van der Waals surface area contributed by atoms with Crippen molar-refractivity contribution in [2.75, 3.05) is 0 Å². The van der Waals surface area contributed by atoms with Crippen molar-refractivity contribution in [3.8, 4) is 22.5 Å². The van der Waals surface area contributed by atoms with Gasteiger partial charge in [0.15, 0.2) is 5.65 Å². The largest absolute Gasteiger partial charge is 0.393 e. The highest BCUT2D eigenvalue weighted by Gasteiger charge is 2.16. The van der Waals surface area contributed by atoms with Crippen LogP contribution in [0, 0.1) is 11.6 Å². The molecule has 4 aromatic heterocycles. The van der Waals surface area contributed by atoms with Crippen LogP contribution in [-0.4, -0.2) is 46.1 Å². The number of aliphatic hydroxyl groups is 1. The second-order valence-corrected chi connectivity index (χ2v) is 7.79. The van der Waals surface area contributed by atoms with Gasteiger partial charge in [-0.2, -0.15) is 0 Å². The second-order valence-electron chi connectivity index (χ2n) is 7.79. The number of benzene rings is 1. The molecule has 0 aliphatic rings. The summed E-state index contributed by atoms with van der Waals surface area (Å²) in [6, 6.07) is 10.6. The maximum absolute atomic E-state index is 13.8. The van der Waals surface area contributed by atoms with Crippen molar-refractivity contribution in [2.45, 2.75) is 26.0 Å². The summed E-state index contributed by atoms with van der Waals surface area (Å²) >= 11 is 0. The van der Waals surface area contributed by atoms with E-state index in [1.54, 1.807) is 23.9 Å². The Morgan fingerprint density at radius 3 is 2.61 bits per heavy atom. The number of imidazole rings is 1. The maximum atomic E-state index is 13.8. The van der Waals surface area contributed by atoms with Gasteiger partial charge in [0.25, 0.3) is 0 Å². The SMILES string of the molecule is CC(O)Cc1cccc(Cn2cc(-c3cc(-c4cc(F)cc(F)c4)nc4[nH]cnc34)nn2)n1. The first-order chi connectivity index (χ1) is 15.9. The summed E-state index contributed by atoms with van der Waals surface area (Å²) < 4.78 is 29.2. The Labute approximate surface area is 187 Å². The number of halogens is 2. The van der Waals surface area contributed by atoms with E-state index in [9.17, 15) is 13.9 Å². The molecular weight excluding hydrogens is 428 g/mol. The van der Waals surface area contributed by atoms with Gasteiger partial charge in [-0.25, -0.2) is 23.4 Å². The molecular formula is C23H19F2N7O. The molecule has 1 aromatic carbocycles. The Bertz CT molecular complexity index is 1420. The van der Waals surface area contributed by atoms with Crippen LogP contribution in [0.25, 0.3) is 33.7 Å². The lowest BCUT2D eigenvalue weighted by Crippen LogP contribution is -2.08. The Balaban J connectivity index is 1.50. The highest BCUT2D eigenvalue weighted by atomic mass is 19.1.